The van der Waals surface area contributed by atoms with E-state index in [1.165, 1.54) is 18.3 Å². The fourth-order valence-corrected chi connectivity index (χ4v) is 2.45. The number of pyridine rings is 1. The number of rotatable bonds is 6. The average molecular weight is 374 g/mol. The molecule has 6 nitrogen and oxygen atoms in total. The number of carbonyl (C=O) groups is 1. The number of aromatic nitrogens is 3. The molecule has 0 aliphatic carbocycles. The Hall–Kier alpha value is -2.93. The summed E-state index contributed by atoms with van der Waals surface area (Å²) in [6.07, 6.45) is 1.80. The van der Waals surface area contributed by atoms with Crippen LogP contribution in [0.4, 0.5) is 16.0 Å². The van der Waals surface area contributed by atoms with Gasteiger partial charge in [0.25, 0.3) is 0 Å². The van der Waals surface area contributed by atoms with Crippen molar-refractivity contribution in [1.29, 1.82) is 0 Å². The SMILES string of the molecule is Cn1nc(-c2ccc(F)cc2)cc1NC(=O)CCNc1ccc(Cl)cn1. The van der Waals surface area contributed by atoms with E-state index in [0.717, 1.165) is 5.56 Å². The fourth-order valence-electron chi connectivity index (χ4n) is 2.34. The first-order chi connectivity index (χ1) is 12.5. The van der Waals surface area contributed by atoms with Gasteiger partial charge < -0.3 is 10.6 Å². The van der Waals surface area contributed by atoms with Gasteiger partial charge in [-0.3, -0.25) is 9.48 Å². The van der Waals surface area contributed by atoms with E-state index in [4.69, 9.17) is 11.6 Å². The van der Waals surface area contributed by atoms with Gasteiger partial charge in [0.05, 0.1) is 10.7 Å². The fraction of sp³-hybridized carbons (Fsp3) is 0.167. The van der Waals surface area contributed by atoms with E-state index >= 15 is 0 Å². The molecular formula is C18H17ClFN5O. The first kappa shape index (κ1) is 17.9. The topological polar surface area (TPSA) is 71.8 Å². The van der Waals surface area contributed by atoms with Crippen molar-refractivity contribution in [3.63, 3.8) is 0 Å². The molecule has 134 valence electrons. The quantitative estimate of drug-likeness (QED) is 0.690. The van der Waals surface area contributed by atoms with E-state index in [1.54, 1.807) is 42.1 Å². The van der Waals surface area contributed by atoms with Gasteiger partial charge in [0, 0.05) is 37.8 Å². The second kappa shape index (κ2) is 7.97. The zero-order valence-electron chi connectivity index (χ0n) is 14.0. The van der Waals surface area contributed by atoms with Crippen molar-refractivity contribution >= 4 is 29.1 Å². The molecule has 2 heterocycles. The van der Waals surface area contributed by atoms with Crippen LogP contribution in [-0.2, 0) is 11.8 Å². The second-order valence-corrected chi connectivity index (χ2v) is 6.07. The van der Waals surface area contributed by atoms with Gasteiger partial charge in [-0.25, -0.2) is 9.37 Å². The Balaban J connectivity index is 1.55. The van der Waals surface area contributed by atoms with Crippen molar-refractivity contribution in [2.75, 3.05) is 17.2 Å². The maximum Gasteiger partial charge on any atom is 0.227 e. The Kier molecular flexibility index (Phi) is 5.48. The van der Waals surface area contributed by atoms with E-state index in [2.05, 4.69) is 20.7 Å². The van der Waals surface area contributed by atoms with Gasteiger partial charge in [-0.1, -0.05) is 11.6 Å². The molecule has 2 N–H and O–H groups in total. The molecule has 0 saturated carbocycles. The molecule has 0 bridgehead atoms. The number of halogens is 2. The molecule has 3 rings (SSSR count). The lowest BCUT2D eigenvalue weighted by Gasteiger charge is -2.07. The Morgan fingerprint density at radius 1 is 1.23 bits per heavy atom. The van der Waals surface area contributed by atoms with E-state index in [0.29, 0.717) is 28.9 Å². The molecule has 3 aromatic rings. The van der Waals surface area contributed by atoms with Gasteiger partial charge in [0.15, 0.2) is 0 Å². The highest BCUT2D eigenvalue weighted by molar-refractivity contribution is 6.30. The normalized spacial score (nSPS) is 10.6. The molecule has 8 heteroatoms. The van der Waals surface area contributed by atoms with Gasteiger partial charge in [-0.15, -0.1) is 0 Å². The van der Waals surface area contributed by atoms with Gasteiger partial charge in [0.2, 0.25) is 5.91 Å². The van der Waals surface area contributed by atoms with E-state index < -0.39 is 0 Å². The third-order valence-electron chi connectivity index (χ3n) is 3.67. The summed E-state index contributed by atoms with van der Waals surface area (Å²) in [4.78, 5) is 16.2. The van der Waals surface area contributed by atoms with Gasteiger partial charge in [-0.05, 0) is 36.4 Å². The first-order valence-corrected chi connectivity index (χ1v) is 8.34. The molecule has 0 radical (unpaired) electrons. The maximum atomic E-state index is 13.0. The molecule has 1 amide bonds. The number of hydrogen-bond donors (Lipinski definition) is 2. The van der Waals surface area contributed by atoms with Crippen LogP contribution in [0.2, 0.25) is 5.02 Å². The highest BCUT2D eigenvalue weighted by Gasteiger charge is 2.10. The molecule has 0 aliphatic heterocycles. The van der Waals surface area contributed by atoms with E-state index in [1.807, 2.05) is 0 Å². The summed E-state index contributed by atoms with van der Waals surface area (Å²) >= 11 is 5.77. The summed E-state index contributed by atoms with van der Waals surface area (Å²) in [5, 5.41) is 10.8. The lowest BCUT2D eigenvalue weighted by molar-refractivity contribution is -0.116. The van der Waals surface area contributed by atoms with Gasteiger partial charge in [0.1, 0.15) is 17.5 Å². The highest BCUT2D eigenvalue weighted by atomic mass is 35.5. The van der Waals surface area contributed by atoms with Crippen LogP contribution in [0.25, 0.3) is 11.3 Å². The molecule has 1 aromatic carbocycles. The average Bonchev–Trinajstić information content (AvgIpc) is 2.98. The first-order valence-electron chi connectivity index (χ1n) is 7.96. The molecular weight excluding hydrogens is 357 g/mol. The van der Waals surface area contributed by atoms with E-state index in [-0.39, 0.29) is 18.1 Å². The van der Waals surface area contributed by atoms with Crippen LogP contribution in [0.3, 0.4) is 0 Å². The van der Waals surface area contributed by atoms with Crippen LogP contribution in [0.5, 0.6) is 0 Å². The Morgan fingerprint density at radius 3 is 2.69 bits per heavy atom. The molecule has 0 spiro atoms. The van der Waals surface area contributed by atoms with Gasteiger partial charge >= 0.3 is 0 Å². The maximum absolute atomic E-state index is 13.0. The Labute approximate surface area is 155 Å². The second-order valence-electron chi connectivity index (χ2n) is 5.63. The van der Waals surface area contributed by atoms with Crippen LogP contribution in [0.15, 0.2) is 48.7 Å². The lowest BCUT2D eigenvalue weighted by Crippen LogP contribution is -2.18. The summed E-state index contributed by atoms with van der Waals surface area (Å²) in [6.45, 7) is 0.434. The number of carbonyl (C=O) groups excluding carboxylic acids is 1. The van der Waals surface area contributed by atoms with Crippen LogP contribution in [0, 0.1) is 5.82 Å². The summed E-state index contributed by atoms with van der Waals surface area (Å²) in [7, 11) is 1.73. The van der Waals surface area contributed by atoms with Gasteiger partial charge in [-0.2, -0.15) is 5.10 Å². The number of benzene rings is 1. The predicted octanol–water partition coefficient (Wildman–Crippen LogP) is 3.72. The largest absolute Gasteiger partial charge is 0.370 e. The van der Waals surface area contributed by atoms with Crippen molar-refractivity contribution in [2.24, 2.45) is 7.05 Å². The minimum absolute atomic E-state index is 0.153. The number of hydrogen-bond acceptors (Lipinski definition) is 4. The number of nitrogens with zero attached hydrogens (tertiary/aromatic N) is 3. The number of aryl methyl sites for hydroxylation is 1. The van der Waals surface area contributed by atoms with E-state index in [9.17, 15) is 9.18 Å². The molecule has 26 heavy (non-hydrogen) atoms. The third kappa shape index (κ3) is 4.58. The zero-order valence-corrected chi connectivity index (χ0v) is 14.8. The molecule has 0 atom stereocenters. The monoisotopic (exact) mass is 373 g/mol. The molecule has 0 aliphatic rings. The van der Waals surface area contributed by atoms with Crippen LogP contribution >= 0.6 is 11.6 Å². The summed E-state index contributed by atoms with van der Waals surface area (Å²) in [5.74, 6) is 0.765. The standard InChI is InChI=1S/C18H17ClFN5O/c1-25-17(10-15(24-25)12-2-5-14(20)6-3-12)23-18(26)8-9-21-16-7-4-13(19)11-22-16/h2-7,10-11H,8-9H2,1H3,(H,21,22)(H,23,26). The summed E-state index contributed by atoms with van der Waals surface area (Å²) < 4.78 is 14.6. The molecule has 0 fully saturated rings. The van der Waals surface area contributed by atoms with Crippen molar-refractivity contribution in [1.82, 2.24) is 14.8 Å². The molecule has 0 saturated heterocycles. The zero-order chi connectivity index (χ0) is 18.5. The molecule has 2 aromatic heterocycles. The van der Waals surface area contributed by atoms with Crippen LogP contribution in [0.1, 0.15) is 6.42 Å². The van der Waals surface area contributed by atoms with Crippen molar-refractivity contribution in [3.8, 4) is 11.3 Å². The number of amides is 1. The summed E-state index contributed by atoms with van der Waals surface area (Å²) in [5.41, 5.74) is 1.43. The van der Waals surface area contributed by atoms with Crippen LogP contribution < -0.4 is 10.6 Å². The van der Waals surface area contributed by atoms with Crippen molar-refractivity contribution in [3.05, 3.63) is 59.5 Å². The Bertz CT molecular complexity index is 893. The minimum atomic E-state index is -0.305. The number of nitrogens with one attached hydrogen (secondary N) is 2. The highest BCUT2D eigenvalue weighted by Crippen LogP contribution is 2.21. The number of anilines is 2. The lowest BCUT2D eigenvalue weighted by atomic mass is 10.1. The minimum Gasteiger partial charge on any atom is -0.370 e. The van der Waals surface area contributed by atoms with Crippen molar-refractivity contribution in [2.45, 2.75) is 6.42 Å². The van der Waals surface area contributed by atoms with Crippen molar-refractivity contribution < 1.29 is 9.18 Å². The smallest absolute Gasteiger partial charge is 0.227 e. The predicted molar refractivity (Wildman–Crippen MR) is 99.6 cm³/mol. The van der Waals surface area contributed by atoms with Crippen LogP contribution in [-0.4, -0.2) is 27.2 Å². The Morgan fingerprint density at radius 2 is 2.00 bits per heavy atom. The molecule has 0 unspecified atom stereocenters. The summed E-state index contributed by atoms with van der Waals surface area (Å²) in [6, 6.07) is 11.3. The third-order valence-corrected chi connectivity index (χ3v) is 3.90.